The second kappa shape index (κ2) is 4.58. The number of hydrogen-bond donors (Lipinski definition) is 2. The number of aromatic hydroxyl groups is 2. The number of phenolic OH excluding ortho intramolecular Hbond substituents is 2. The number of carbonyl (C=O) groups excluding carboxylic acids is 2. The normalized spacial score (nSPS) is 12.9. The van der Waals surface area contributed by atoms with E-state index in [0.717, 1.165) is 0 Å². The van der Waals surface area contributed by atoms with Gasteiger partial charge in [-0.1, -0.05) is 6.07 Å². The van der Waals surface area contributed by atoms with E-state index in [-0.39, 0.29) is 33.9 Å². The highest BCUT2D eigenvalue weighted by atomic mass is 16.3. The molecule has 0 atom stereocenters. The van der Waals surface area contributed by atoms with Gasteiger partial charge in [0.05, 0.1) is 11.1 Å². The summed E-state index contributed by atoms with van der Waals surface area (Å²) in [5, 5.41) is 19.2. The molecule has 1 heterocycles. The van der Waals surface area contributed by atoms with E-state index in [1.807, 2.05) is 0 Å². The number of rotatable bonds is 1. The number of furan rings is 1. The third kappa shape index (κ3) is 1.87. The maximum atomic E-state index is 12.6. The average molecular weight is 306 g/mol. The summed E-state index contributed by atoms with van der Waals surface area (Å²) < 4.78 is 5.58. The molecule has 2 aromatic carbocycles. The van der Waals surface area contributed by atoms with Gasteiger partial charge in [-0.2, -0.15) is 0 Å². The van der Waals surface area contributed by atoms with Crippen LogP contribution in [0.15, 0.2) is 52.9 Å². The van der Waals surface area contributed by atoms with Gasteiger partial charge in [-0.05, 0) is 42.5 Å². The Balaban J connectivity index is 1.90. The molecule has 0 saturated carbocycles. The molecule has 0 amide bonds. The van der Waals surface area contributed by atoms with Crippen LogP contribution in [0, 0.1) is 0 Å². The first kappa shape index (κ1) is 13.3. The molecule has 0 spiro atoms. The first-order valence-corrected chi connectivity index (χ1v) is 6.91. The highest BCUT2D eigenvalue weighted by Crippen LogP contribution is 2.36. The maximum absolute atomic E-state index is 12.6. The summed E-state index contributed by atoms with van der Waals surface area (Å²) in [6.07, 6.45) is 0. The third-order valence-electron chi connectivity index (χ3n) is 3.85. The minimum Gasteiger partial charge on any atom is -0.508 e. The Morgan fingerprint density at radius 1 is 0.826 bits per heavy atom. The van der Waals surface area contributed by atoms with Crippen LogP contribution in [-0.4, -0.2) is 21.8 Å². The molecule has 4 rings (SSSR count). The first-order valence-electron chi connectivity index (χ1n) is 6.91. The summed E-state index contributed by atoms with van der Waals surface area (Å²) in [4.78, 5) is 25.1. The second-order valence-corrected chi connectivity index (χ2v) is 5.26. The molecule has 3 aromatic rings. The Morgan fingerprint density at radius 3 is 2.30 bits per heavy atom. The summed E-state index contributed by atoms with van der Waals surface area (Å²) in [5.41, 5.74) is 0.898. The lowest BCUT2D eigenvalue weighted by molar-refractivity contribution is 0.0958. The van der Waals surface area contributed by atoms with Crippen molar-refractivity contribution < 1.29 is 24.2 Å². The molecular formula is C18H10O5. The molecule has 23 heavy (non-hydrogen) atoms. The lowest BCUT2D eigenvalue weighted by Crippen LogP contribution is -2.19. The van der Waals surface area contributed by atoms with E-state index in [0.29, 0.717) is 11.3 Å². The molecule has 0 radical (unpaired) electrons. The van der Waals surface area contributed by atoms with E-state index in [1.54, 1.807) is 12.1 Å². The van der Waals surface area contributed by atoms with Crippen molar-refractivity contribution in [3.63, 3.8) is 0 Å². The molecule has 5 heteroatoms. The SMILES string of the molecule is O=C1c2cccc(O)c2C(=O)c2cc(-c3ccc(O)cc3)oc21. The molecule has 1 aromatic heterocycles. The van der Waals surface area contributed by atoms with Crippen LogP contribution in [0.25, 0.3) is 11.3 Å². The van der Waals surface area contributed by atoms with Crippen molar-refractivity contribution >= 4 is 11.6 Å². The van der Waals surface area contributed by atoms with Crippen LogP contribution in [0.5, 0.6) is 11.5 Å². The molecule has 1 aliphatic carbocycles. The molecule has 2 N–H and O–H groups in total. The molecule has 5 nitrogen and oxygen atoms in total. The molecule has 0 saturated heterocycles. The Hall–Kier alpha value is -3.34. The molecule has 0 bridgehead atoms. The van der Waals surface area contributed by atoms with E-state index in [1.165, 1.54) is 36.4 Å². The summed E-state index contributed by atoms with van der Waals surface area (Å²) >= 11 is 0. The van der Waals surface area contributed by atoms with Gasteiger partial charge in [0, 0.05) is 11.1 Å². The number of hydrogen-bond acceptors (Lipinski definition) is 5. The van der Waals surface area contributed by atoms with Crippen molar-refractivity contribution in [3.05, 3.63) is 71.0 Å². The van der Waals surface area contributed by atoms with Gasteiger partial charge in [-0.15, -0.1) is 0 Å². The van der Waals surface area contributed by atoms with E-state index in [4.69, 9.17) is 4.42 Å². The molecule has 1 aliphatic rings. The van der Waals surface area contributed by atoms with Crippen LogP contribution in [0.3, 0.4) is 0 Å². The zero-order valence-corrected chi connectivity index (χ0v) is 11.7. The number of fused-ring (bicyclic) bond motifs is 2. The third-order valence-corrected chi connectivity index (χ3v) is 3.85. The second-order valence-electron chi connectivity index (χ2n) is 5.26. The largest absolute Gasteiger partial charge is 0.508 e. The Morgan fingerprint density at radius 2 is 1.57 bits per heavy atom. The van der Waals surface area contributed by atoms with Gasteiger partial charge in [0.15, 0.2) is 5.76 Å². The quantitative estimate of drug-likeness (QED) is 0.564. The Kier molecular flexibility index (Phi) is 2.65. The van der Waals surface area contributed by atoms with Crippen LogP contribution in [0.2, 0.25) is 0 Å². The van der Waals surface area contributed by atoms with Crippen LogP contribution in [0.1, 0.15) is 32.0 Å². The zero-order valence-electron chi connectivity index (χ0n) is 11.7. The lowest BCUT2D eigenvalue weighted by atomic mass is 9.88. The highest BCUT2D eigenvalue weighted by Gasteiger charge is 2.35. The number of phenols is 2. The summed E-state index contributed by atoms with van der Waals surface area (Å²) in [7, 11) is 0. The van der Waals surface area contributed by atoms with Gasteiger partial charge in [-0.25, -0.2) is 0 Å². The maximum Gasteiger partial charge on any atom is 0.229 e. The van der Waals surface area contributed by atoms with Crippen molar-refractivity contribution in [2.45, 2.75) is 0 Å². The van der Waals surface area contributed by atoms with E-state index >= 15 is 0 Å². The fraction of sp³-hybridized carbons (Fsp3) is 0. The number of benzene rings is 2. The van der Waals surface area contributed by atoms with Crippen LogP contribution in [-0.2, 0) is 0 Å². The molecule has 0 fully saturated rings. The van der Waals surface area contributed by atoms with Gasteiger partial charge in [-0.3, -0.25) is 9.59 Å². The highest BCUT2D eigenvalue weighted by molar-refractivity contribution is 6.28. The predicted molar refractivity (Wildman–Crippen MR) is 80.8 cm³/mol. The fourth-order valence-electron chi connectivity index (χ4n) is 2.72. The van der Waals surface area contributed by atoms with Gasteiger partial charge in [0.1, 0.15) is 17.3 Å². The fourth-order valence-corrected chi connectivity index (χ4v) is 2.72. The van der Waals surface area contributed by atoms with Crippen molar-refractivity contribution in [1.82, 2.24) is 0 Å². The molecule has 0 aliphatic heterocycles. The molecule has 0 unspecified atom stereocenters. The van der Waals surface area contributed by atoms with E-state index in [2.05, 4.69) is 0 Å². The van der Waals surface area contributed by atoms with E-state index in [9.17, 15) is 19.8 Å². The number of ketones is 2. The monoisotopic (exact) mass is 306 g/mol. The van der Waals surface area contributed by atoms with Crippen LogP contribution in [0.4, 0.5) is 0 Å². The smallest absolute Gasteiger partial charge is 0.229 e. The minimum atomic E-state index is -0.443. The molecular weight excluding hydrogens is 296 g/mol. The summed E-state index contributed by atoms with van der Waals surface area (Å²) in [5.74, 6) is -0.675. The van der Waals surface area contributed by atoms with Gasteiger partial charge in [0.2, 0.25) is 11.6 Å². The standard InChI is InChI=1S/C18H10O5/c19-10-6-4-9(5-7-10)14-8-12-16(21)15-11(2-1-3-13(15)20)17(22)18(12)23-14/h1-8,19-20H. The van der Waals surface area contributed by atoms with Gasteiger partial charge in [0.25, 0.3) is 0 Å². The van der Waals surface area contributed by atoms with Crippen molar-refractivity contribution in [2.75, 3.05) is 0 Å². The molecule has 112 valence electrons. The van der Waals surface area contributed by atoms with Gasteiger partial charge < -0.3 is 14.6 Å². The van der Waals surface area contributed by atoms with Crippen molar-refractivity contribution in [1.29, 1.82) is 0 Å². The van der Waals surface area contributed by atoms with E-state index < -0.39 is 11.6 Å². The van der Waals surface area contributed by atoms with Crippen LogP contribution < -0.4 is 0 Å². The zero-order chi connectivity index (χ0) is 16.1. The Labute approximate surface area is 130 Å². The van der Waals surface area contributed by atoms with Crippen LogP contribution >= 0.6 is 0 Å². The predicted octanol–water partition coefficient (Wildman–Crippen LogP) is 3.13. The van der Waals surface area contributed by atoms with Crippen molar-refractivity contribution in [3.8, 4) is 22.8 Å². The first-order chi connectivity index (χ1) is 11.1. The Bertz CT molecular complexity index is 964. The summed E-state index contributed by atoms with van der Waals surface area (Å²) in [6, 6.07) is 12.1. The minimum absolute atomic E-state index is 0.00283. The van der Waals surface area contributed by atoms with Gasteiger partial charge >= 0.3 is 0 Å². The lowest BCUT2D eigenvalue weighted by Gasteiger charge is -2.13. The summed E-state index contributed by atoms with van der Waals surface area (Å²) in [6.45, 7) is 0. The van der Waals surface area contributed by atoms with Crippen molar-refractivity contribution in [2.24, 2.45) is 0 Å². The number of carbonyl (C=O) groups is 2. The average Bonchev–Trinajstić information content (AvgIpc) is 2.99. The topological polar surface area (TPSA) is 87.7 Å².